The van der Waals surface area contributed by atoms with Crippen molar-refractivity contribution in [1.82, 2.24) is 0 Å². The number of benzene rings is 1. The summed E-state index contributed by atoms with van der Waals surface area (Å²) in [5.74, 6) is -0.621. The molecule has 1 rings (SSSR count). The number of carbonyl (C=O) groups is 1. The summed E-state index contributed by atoms with van der Waals surface area (Å²) in [6.07, 6.45) is -4.47. The molecular formula is C11H12F3NO4. The number of ether oxygens (including phenoxy) is 3. The standard InChI is InChI=1S/C11H12F3NO4/c1-17-8-4-2-3-7(9(8)15)10(16)19-6-18-5-11(12,13)14/h2-4H,5-6,15H2,1H3. The first-order valence-corrected chi connectivity index (χ1v) is 5.09. The number of anilines is 1. The third-order valence-electron chi connectivity index (χ3n) is 2.05. The van der Waals surface area contributed by atoms with E-state index in [9.17, 15) is 18.0 Å². The van der Waals surface area contributed by atoms with Gasteiger partial charge in [0.25, 0.3) is 0 Å². The van der Waals surface area contributed by atoms with Crippen molar-refractivity contribution in [2.75, 3.05) is 26.2 Å². The van der Waals surface area contributed by atoms with E-state index in [1.807, 2.05) is 0 Å². The van der Waals surface area contributed by atoms with E-state index in [0.717, 1.165) is 0 Å². The van der Waals surface area contributed by atoms with Gasteiger partial charge in [-0.15, -0.1) is 0 Å². The van der Waals surface area contributed by atoms with Gasteiger partial charge in [0, 0.05) is 0 Å². The van der Waals surface area contributed by atoms with Crippen LogP contribution in [0.1, 0.15) is 10.4 Å². The molecule has 1 aromatic carbocycles. The van der Waals surface area contributed by atoms with E-state index in [-0.39, 0.29) is 17.0 Å². The van der Waals surface area contributed by atoms with Crippen LogP contribution in [0.3, 0.4) is 0 Å². The zero-order valence-corrected chi connectivity index (χ0v) is 9.99. The zero-order chi connectivity index (χ0) is 14.5. The Bertz CT molecular complexity index is 448. The lowest BCUT2D eigenvalue weighted by Gasteiger charge is -2.11. The van der Waals surface area contributed by atoms with Crippen molar-refractivity contribution in [1.29, 1.82) is 0 Å². The highest BCUT2D eigenvalue weighted by molar-refractivity contribution is 5.96. The van der Waals surface area contributed by atoms with E-state index >= 15 is 0 Å². The number of para-hydroxylation sites is 1. The Kier molecular flexibility index (Phi) is 4.99. The van der Waals surface area contributed by atoms with Gasteiger partial charge < -0.3 is 19.9 Å². The zero-order valence-electron chi connectivity index (χ0n) is 9.99. The molecule has 0 radical (unpaired) electrons. The van der Waals surface area contributed by atoms with E-state index in [2.05, 4.69) is 9.47 Å². The lowest BCUT2D eigenvalue weighted by molar-refractivity contribution is -0.190. The van der Waals surface area contributed by atoms with Gasteiger partial charge in [-0.3, -0.25) is 0 Å². The molecular weight excluding hydrogens is 267 g/mol. The maximum atomic E-state index is 11.8. The molecule has 0 atom stereocenters. The van der Waals surface area contributed by atoms with Crippen LogP contribution in [-0.2, 0) is 9.47 Å². The van der Waals surface area contributed by atoms with Crippen LogP contribution in [-0.4, -0.2) is 32.7 Å². The third kappa shape index (κ3) is 4.66. The van der Waals surface area contributed by atoms with Crippen LogP contribution in [0.5, 0.6) is 5.75 Å². The van der Waals surface area contributed by atoms with Gasteiger partial charge >= 0.3 is 12.1 Å². The van der Waals surface area contributed by atoms with Gasteiger partial charge in [0.1, 0.15) is 12.4 Å². The fraction of sp³-hybridized carbons (Fsp3) is 0.364. The Morgan fingerprint density at radius 1 is 1.37 bits per heavy atom. The van der Waals surface area contributed by atoms with Gasteiger partial charge in [-0.25, -0.2) is 4.79 Å². The number of nitrogens with two attached hydrogens (primary N) is 1. The van der Waals surface area contributed by atoms with Crippen LogP contribution in [0.2, 0.25) is 0 Å². The van der Waals surface area contributed by atoms with E-state index in [1.54, 1.807) is 0 Å². The number of hydrogen-bond donors (Lipinski definition) is 1. The largest absolute Gasteiger partial charge is 0.495 e. The van der Waals surface area contributed by atoms with Gasteiger partial charge in [-0.05, 0) is 12.1 Å². The monoisotopic (exact) mass is 279 g/mol. The van der Waals surface area contributed by atoms with Crippen LogP contribution in [0.4, 0.5) is 18.9 Å². The molecule has 1 aromatic rings. The van der Waals surface area contributed by atoms with Crippen LogP contribution in [0.15, 0.2) is 18.2 Å². The average Bonchev–Trinajstić information content (AvgIpc) is 2.33. The molecule has 0 amide bonds. The number of halogens is 3. The topological polar surface area (TPSA) is 70.8 Å². The van der Waals surface area contributed by atoms with Gasteiger partial charge in [0.05, 0.1) is 18.4 Å². The number of carbonyl (C=O) groups excluding carboxylic acids is 1. The minimum absolute atomic E-state index is 0.00467. The van der Waals surface area contributed by atoms with Crippen LogP contribution in [0.25, 0.3) is 0 Å². The molecule has 0 aliphatic heterocycles. The lowest BCUT2D eigenvalue weighted by Crippen LogP contribution is -2.19. The fourth-order valence-electron chi connectivity index (χ4n) is 1.23. The summed E-state index contributed by atoms with van der Waals surface area (Å²) in [5, 5.41) is 0. The van der Waals surface area contributed by atoms with Crippen molar-refractivity contribution < 1.29 is 32.2 Å². The van der Waals surface area contributed by atoms with Crippen LogP contribution >= 0.6 is 0 Å². The summed E-state index contributed by atoms with van der Waals surface area (Å²) < 4.78 is 48.8. The number of methoxy groups -OCH3 is 1. The normalized spacial score (nSPS) is 11.2. The van der Waals surface area contributed by atoms with Crippen LogP contribution in [0, 0.1) is 0 Å². The Morgan fingerprint density at radius 3 is 2.63 bits per heavy atom. The Labute approximate surface area is 107 Å². The molecule has 0 heterocycles. The van der Waals surface area contributed by atoms with Crippen LogP contribution < -0.4 is 10.5 Å². The summed E-state index contributed by atoms with van der Waals surface area (Å²) in [5.41, 5.74) is 5.66. The van der Waals surface area contributed by atoms with E-state index in [0.29, 0.717) is 0 Å². The van der Waals surface area contributed by atoms with E-state index in [4.69, 9.17) is 10.5 Å². The molecule has 0 aromatic heterocycles. The lowest BCUT2D eigenvalue weighted by atomic mass is 10.1. The van der Waals surface area contributed by atoms with E-state index < -0.39 is 25.5 Å². The highest BCUT2D eigenvalue weighted by Crippen LogP contribution is 2.25. The molecule has 2 N–H and O–H groups in total. The van der Waals surface area contributed by atoms with Gasteiger partial charge in [-0.1, -0.05) is 6.07 Å². The predicted octanol–water partition coefficient (Wildman–Crippen LogP) is 1.97. The molecule has 0 aliphatic rings. The summed E-state index contributed by atoms with van der Waals surface area (Å²) in [7, 11) is 1.37. The number of rotatable bonds is 5. The second kappa shape index (κ2) is 6.28. The summed E-state index contributed by atoms with van der Waals surface area (Å²) in [4.78, 5) is 11.5. The second-order valence-corrected chi connectivity index (χ2v) is 3.43. The van der Waals surface area contributed by atoms with Crippen molar-refractivity contribution >= 4 is 11.7 Å². The smallest absolute Gasteiger partial charge is 0.411 e. The number of esters is 1. The summed E-state index contributed by atoms with van der Waals surface area (Å²) >= 11 is 0. The molecule has 19 heavy (non-hydrogen) atoms. The molecule has 106 valence electrons. The number of hydrogen-bond acceptors (Lipinski definition) is 5. The van der Waals surface area contributed by atoms with Crippen molar-refractivity contribution in [2.45, 2.75) is 6.18 Å². The first-order chi connectivity index (χ1) is 8.85. The highest BCUT2D eigenvalue weighted by atomic mass is 19.4. The number of nitrogen functional groups attached to an aromatic ring is 1. The Hall–Kier alpha value is -1.96. The maximum Gasteiger partial charge on any atom is 0.411 e. The first kappa shape index (κ1) is 15.1. The Balaban J connectivity index is 2.55. The second-order valence-electron chi connectivity index (χ2n) is 3.43. The predicted molar refractivity (Wildman–Crippen MR) is 59.7 cm³/mol. The molecule has 0 unspecified atom stereocenters. The first-order valence-electron chi connectivity index (χ1n) is 5.09. The highest BCUT2D eigenvalue weighted by Gasteiger charge is 2.27. The molecule has 0 bridgehead atoms. The molecule has 8 heteroatoms. The SMILES string of the molecule is COc1cccc(C(=O)OCOCC(F)(F)F)c1N. The molecule has 5 nitrogen and oxygen atoms in total. The Morgan fingerprint density at radius 2 is 2.05 bits per heavy atom. The minimum atomic E-state index is -4.47. The molecule has 0 saturated carbocycles. The fourth-order valence-corrected chi connectivity index (χ4v) is 1.23. The summed E-state index contributed by atoms with van der Waals surface area (Å²) in [6.45, 7) is -2.30. The third-order valence-corrected chi connectivity index (χ3v) is 2.05. The van der Waals surface area contributed by atoms with Crippen molar-refractivity contribution in [3.8, 4) is 5.75 Å². The quantitative estimate of drug-likeness (QED) is 0.386. The van der Waals surface area contributed by atoms with Crippen molar-refractivity contribution in [3.63, 3.8) is 0 Å². The van der Waals surface area contributed by atoms with Gasteiger partial charge in [0.2, 0.25) is 0 Å². The van der Waals surface area contributed by atoms with Crippen molar-refractivity contribution in [3.05, 3.63) is 23.8 Å². The molecule has 0 saturated heterocycles. The number of alkyl halides is 3. The maximum absolute atomic E-state index is 11.8. The van der Waals surface area contributed by atoms with Crippen molar-refractivity contribution in [2.24, 2.45) is 0 Å². The molecule has 0 fully saturated rings. The molecule has 0 aliphatic carbocycles. The van der Waals surface area contributed by atoms with Gasteiger partial charge in [-0.2, -0.15) is 13.2 Å². The molecule has 0 spiro atoms. The minimum Gasteiger partial charge on any atom is -0.495 e. The van der Waals surface area contributed by atoms with E-state index in [1.165, 1.54) is 25.3 Å². The van der Waals surface area contributed by atoms with Gasteiger partial charge in [0.15, 0.2) is 6.79 Å². The average molecular weight is 279 g/mol. The summed E-state index contributed by atoms with van der Waals surface area (Å²) in [6, 6.07) is 4.40.